The van der Waals surface area contributed by atoms with Crippen LogP contribution in [0.2, 0.25) is 0 Å². The third kappa shape index (κ3) is 3.92. The van der Waals surface area contributed by atoms with Gasteiger partial charge in [-0.25, -0.2) is 9.67 Å². The van der Waals surface area contributed by atoms with E-state index < -0.39 is 5.60 Å². The fourth-order valence-electron chi connectivity index (χ4n) is 2.39. The van der Waals surface area contributed by atoms with Crippen LogP contribution >= 0.6 is 15.9 Å². The third-order valence-electron chi connectivity index (χ3n) is 3.63. The third-order valence-corrected chi connectivity index (χ3v) is 4.12. The fourth-order valence-corrected chi connectivity index (χ4v) is 2.79. The molecular formula is C16H22BrN3O. The lowest BCUT2D eigenvalue weighted by molar-refractivity contribution is 0.0294. The summed E-state index contributed by atoms with van der Waals surface area (Å²) >= 11 is 3.46. The van der Waals surface area contributed by atoms with Gasteiger partial charge in [-0.15, -0.1) is 0 Å². The van der Waals surface area contributed by atoms with Crippen molar-refractivity contribution in [1.29, 1.82) is 0 Å². The van der Waals surface area contributed by atoms with E-state index in [0.29, 0.717) is 18.8 Å². The van der Waals surface area contributed by atoms with E-state index in [2.05, 4.69) is 39.9 Å². The predicted octanol–water partition coefficient (Wildman–Crippen LogP) is 3.54. The summed E-state index contributed by atoms with van der Waals surface area (Å²) in [5, 5.41) is 15.3. The molecule has 1 N–H and O–H groups in total. The van der Waals surface area contributed by atoms with Gasteiger partial charge in [0, 0.05) is 17.4 Å². The van der Waals surface area contributed by atoms with Gasteiger partial charge in [0.25, 0.3) is 0 Å². The van der Waals surface area contributed by atoms with E-state index in [1.807, 2.05) is 35.9 Å². The van der Waals surface area contributed by atoms with Crippen LogP contribution in [0.15, 0.2) is 35.1 Å². The van der Waals surface area contributed by atoms with Gasteiger partial charge in [0.1, 0.15) is 12.2 Å². The quantitative estimate of drug-likeness (QED) is 0.865. The van der Waals surface area contributed by atoms with Gasteiger partial charge in [-0.2, -0.15) is 5.10 Å². The summed E-state index contributed by atoms with van der Waals surface area (Å²) in [5.41, 5.74) is -0.0237. The Labute approximate surface area is 134 Å². The van der Waals surface area contributed by atoms with E-state index in [4.69, 9.17) is 0 Å². The molecule has 1 unspecified atom stereocenters. The standard InChI is InChI=1S/C16H22BrN3O/c1-4-16(21,13-6-5-7-14(17)8-13)9-15-18-11-19-20(15)10-12(2)3/h5-8,11-12,21H,4,9-10H2,1-3H3. The van der Waals surface area contributed by atoms with Crippen molar-refractivity contribution >= 4 is 15.9 Å². The normalized spacial score (nSPS) is 14.4. The van der Waals surface area contributed by atoms with Crippen LogP contribution in [0.5, 0.6) is 0 Å². The minimum atomic E-state index is -0.925. The van der Waals surface area contributed by atoms with Crippen LogP contribution < -0.4 is 0 Å². The Morgan fingerprint density at radius 3 is 2.76 bits per heavy atom. The smallest absolute Gasteiger partial charge is 0.138 e. The number of benzene rings is 1. The number of aromatic nitrogens is 3. The van der Waals surface area contributed by atoms with Gasteiger partial charge in [-0.3, -0.25) is 0 Å². The molecule has 1 heterocycles. The second-order valence-electron chi connectivity index (χ2n) is 5.82. The molecule has 1 atom stereocenters. The highest BCUT2D eigenvalue weighted by atomic mass is 79.9. The monoisotopic (exact) mass is 351 g/mol. The number of hydrogen-bond donors (Lipinski definition) is 1. The van der Waals surface area contributed by atoms with Crippen molar-refractivity contribution < 1.29 is 5.11 Å². The second-order valence-corrected chi connectivity index (χ2v) is 6.74. The molecule has 0 spiro atoms. The first kappa shape index (κ1) is 16.2. The first-order chi connectivity index (χ1) is 9.94. The Morgan fingerprint density at radius 2 is 2.14 bits per heavy atom. The topological polar surface area (TPSA) is 50.9 Å². The zero-order valence-electron chi connectivity index (χ0n) is 12.8. The van der Waals surface area contributed by atoms with Crippen LogP contribution in [0, 0.1) is 5.92 Å². The molecule has 0 saturated carbocycles. The SMILES string of the molecule is CCC(O)(Cc1ncnn1CC(C)C)c1cccc(Br)c1. The molecule has 0 aliphatic heterocycles. The number of nitrogens with zero attached hydrogens (tertiary/aromatic N) is 3. The first-order valence-electron chi connectivity index (χ1n) is 7.29. The maximum absolute atomic E-state index is 11.0. The zero-order chi connectivity index (χ0) is 15.5. The van der Waals surface area contributed by atoms with Gasteiger partial charge >= 0.3 is 0 Å². The summed E-state index contributed by atoms with van der Waals surface area (Å²) in [7, 11) is 0. The van der Waals surface area contributed by atoms with Crippen molar-refractivity contribution in [2.24, 2.45) is 5.92 Å². The molecule has 0 aliphatic carbocycles. The van der Waals surface area contributed by atoms with Crippen LogP contribution in [-0.2, 0) is 18.6 Å². The summed E-state index contributed by atoms with van der Waals surface area (Å²) in [6.07, 6.45) is 2.65. The van der Waals surface area contributed by atoms with Crippen LogP contribution in [0.25, 0.3) is 0 Å². The van der Waals surface area contributed by atoms with Crippen molar-refractivity contribution in [2.45, 2.75) is 45.8 Å². The largest absolute Gasteiger partial charge is 0.385 e. The molecule has 1 aromatic heterocycles. The minimum Gasteiger partial charge on any atom is -0.385 e. The highest BCUT2D eigenvalue weighted by molar-refractivity contribution is 9.10. The maximum Gasteiger partial charge on any atom is 0.138 e. The summed E-state index contributed by atoms with van der Waals surface area (Å²) < 4.78 is 2.86. The summed E-state index contributed by atoms with van der Waals surface area (Å²) in [6.45, 7) is 7.09. The van der Waals surface area contributed by atoms with E-state index in [-0.39, 0.29) is 0 Å². The number of halogens is 1. The molecule has 0 bridgehead atoms. The minimum absolute atomic E-state index is 0.465. The van der Waals surface area contributed by atoms with Gasteiger partial charge < -0.3 is 5.11 Å². The maximum atomic E-state index is 11.0. The predicted molar refractivity (Wildman–Crippen MR) is 86.9 cm³/mol. The van der Waals surface area contributed by atoms with Gasteiger partial charge in [-0.1, -0.05) is 48.8 Å². The van der Waals surface area contributed by atoms with E-state index in [9.17, 15) is 5.11 Å². The molecule has 0 aliphatic rings. The number of aliphatic hydroxyl groups is 1. The molecule has 114 valence electrons. The van der Waals surface area contributed by atoms with Crippen molar-refractivity contribution in [3.8, 4) is 0 Å². The Kier molecular flexibility index (Phi) is 5.17. The number of hydrogen-bond acceptors (Lipinski definition) is 3. The van der Waals surface area contributed by atoms with Crippen molar-refractivity contribution in [3.05, 3.63) is 46.5 Å². The lowest BCUT2D eigenvalue weighted by Crippen LogP contribution is -2.29. The Hall–Kier alpha value is -1.20. The van der Waals surface area contributed by atoms with Gasteiger partial charge in [0.05, 0.1) is 5.60 Å². The zero-order valence-corrected chi connectivity index (χ0v) is 14.3. The lowest BCUT2D eigenvalue weighted by atomic mass is 9.87. The average Bonchev–Trinajstić information content (AvgIpc) is 2.85. The van der Waals surface area contributed by atoms with E-state index in [1.165, 1.54) is 0 Å². The van der Waals surface area contributed by atoms with Crippen molar-refractivity contribution in [1.82, 2.24) is 14.8 Å². The van der Waals surface area contributed by atoms with E-state index >= 15 is 0 Å². The highest BCUT2D eigenvalue weighted by Gasteiger charge is 2.30. The molecule has 1 aromatic carbocycles. The summed E-state index contributed by atoms with van der Waals surface area (Å²) in [4.78, 5) is 4.33. The Bertz CT molecular complexity index is 597. The van der Waals surface area contributed by atoms with Crippen molar-refractivity contribution in [3.63, 3.8) is 0 Å². The molecule has 5 heteroatoms. The van der Waals surface area contributed by atoms with E-state index in [0.717, 1.165) is 22.4 Å². The van der Waals surface area contributed by atoms with E-state index in [1.54, 1.807) is 6.33 Å². The molecule has 21 heavy (non-hydrogen) atoms. The van der Waals surface area contributed by atoms with Gasteiger partial charge in [0.15, 0.2) is 0 Å². The van der Waals surface area contributed by atoms with Crippen LogP contribution in [-0.4, -0.2) is 19.9 Å². The Balaban J connectivity index is 2.28. The highest BCUT2D eigenvalue weighted by Crippen LogP contribution is 2.30. The molecule has 0 amide bonds. The molecule has 0 radical (unpaired) electrons. The molecule has 0 fully saturated rings. The van der Waals surface area contributed by atoms with Crippen LogP contribution in [0.3, 0.4) is 0 Å². The molecule has 4 nitrogen and oxygen atoms in total. The van der Waals surface area contributed by atoms with Crippen molar-refractivity contribution in [2.75, 3.05) is 0 Å². The molecule has 2 aromatic rings. The fraction of sp³-hybridized carbons (Fsp3) is 0.500. The molecular weight excluding hydrogens is 330 g/mol. The van der Waals surface area contributed by atoms with Crippen LogP contribution in [0.1, 0.15) is 38.6 Å². The second kappa shape index (κ2) is 6.71. The summed E-state index contributed by atoms with van der Waals surface area (Å²) in [5.74, 6) is 1.32. The molecule has 2 rings (SSSR count). The lowest BCUT2D eigenvalue weighted by Gasteiger charge is -2.27. The average molecular weight is 352 g/mol. The Morgan fingerprint density at radius 1 is 1.38 bits per heavy atom. The number of rotatable bonds is 6. The van der Waals surface area contributed by atoms with Crippen LogP contribution in [0.4, 0.5) is 0 Å². The van der Waals surface area contributed by atoms with Gasteiger partial charge in [0.2, 0.25) is 0 Å². The summed E-state index contributed by atoms with van der Waals surface area (Å²) in [6, 6.07) is 7.82. The molecule has 0 saturated heterocycles. The van der Waals surface area contributed by atoms with Gasteiger partial charge in [-0.05, 0) is 30.0 Å². The first-order valence-corrected chi connectivity index (χ1v) is 8.09.